The molecule has 0 aliphatic carbocycles. The number of nitrogens with one attached hydrogen (secondary N) is 2. The van der Waals surface area contributed by atoms with Crippen molar-refractivity contribution >= 4 is 12.1 Å². The molecule has 0 aromatic heterocycles. The zero-order valence-corrected chi connectivity index (χ0v) is 8.30. The Morgan fingerprint density at radius 3 is 2.85 bits per heavy atom. The Morgan fingerprint density at radius 1 is 1.62 bits per heavy atom. The number of hydrogen-bond donors (Lipinski definition) is 2. The molecule has 0 aromatic rings. The summed E-state index contributed by atoms with van der Waals surface area (Å²) in [6, 6.07) is 0. The molecule has 0 saturated carbocycles. The quantitative estimate of drug-likeness (QED) is 0.379. The van der Waals surface area contributed by atoms with Crippen LogP contribution < -0.4 is 5.32 Å². The van der Waals surface area contributed by atoms with E-state index in [2.05, 4.69) is 16.9 Å². The second kappa shape index (κ2) is 7.28. The van der Waals surface area contributed by atoms with Gasteiger partial charge in [-0.3, -0.25) is 5.41 Å². The van der Waals surface area contributed by atoms with E-state index >= 15 is 0 Å². The Hall–Kier alpha value is -1.38. The summed E-state index contributed by atoms with van der Waals surface area (Å²) in [5.74, 6) is 0.409. The zero-order chi connectivity index (χ0) is 10.1. The Morgan fingerprint density at radius 2 is 2.31 bits per heavy atom. The van der Waals surface area contributed by atoms with Crippen molar-refractivity contribution in [3.8, 4) is 0 Å². The number of amidine groups is 1. The molecule has 3 heteroatoms. The average Bonchev–Trinajstić information content (AvgIpc) is 2.12. The van der Waals surface area contributed by atoms with Gasteiger partial charge in [0.25, 0.3) is 0 Å². The first-order valence-electron chi connectivity index (χ1n) is 4.33. The molecule has 3 nitrogen and oxygen atoms in total. The largest absolute Gasteiger partial charge is 0.384 e. The van der Waals surface area contributed by atoms with E-state index < -0.39 is 0 Å². The van der Waals surface area contributed by atoms with Crippen molar-refractivity contribution in [1.29, 1.82) is 5.41 Å². The standard InChI is InChI=1S/C10H17N3/c1-4-6-9(3)12-7-8-13-10(11)5-2/h4,6,8,11-12H,1,5,7H2,2-3H3/b9-6-,11-10?,13-8-. The lowest BCUT2D eigenvalue weighted by Gasteiger charge is -2.00. The molecule has 0 spiro atoms. The zero-order valence-electron chi connectivity index (χ0n) is 8.30. The Kier molecular flexibility index (Phi) is 6.51. The summed E-state index contributed by atoms with van der Waals surface area (Å²) in [5, 5.41) is 10.4. The summed E-state index contributed by atoms with van der Waals surface area (Å²) in [6.45, 7) is 8.11. The van der Waals surface area contributed by atoms with Crippen molar-refractivity contribution in [1.82, 2.24) is 5.32 Å². The van der Waals surface area contributed by atoms with Crippen molar-refractivity contribution in [3.63, 3.8) is 0 Å². The topological polar surface area (TPSA) is 48.2 Å². The van der Waals surface area contributed by atoms with E-state index in [0.717, 1.165) is 5.70 Å². The Labute approximate surface area is 79.8 Å². The monoisotopic (exact) mass is 179 g/mol. The minimum Gasteiger partial charge on any atom is -0.384 e. The molecule has 0 unspecified atom stereocenters. The van der Waals surface area contributed by atoms with E-state index in [9.17, 15) is 0 Å². The van der Waals surface area contributed by atoms with Crippen molar-refractivity contribution in [2.45, 2.75) is 20.3 Å². The summed E-state index contributed by atoms with van der Waals surface area (Å²) in [4.78, 5) is 3.92. The van der Waals surface area contributed by atoms with Gasteiger partial charge in [-0.15, -0.1) is 0 Å². The van der Waals surface area contributed by atoms with Crippen LogP contribution in [0.5, 0.6) is 0 Å². The first-order valence-corrected chi connectivity index (χ1v) is 4.33. The fourth-order valence-corrected chi connectivity index (χ4v) is 0.689. The second-order valence-electron chi connectivity index (χ2n) is 2.58. The van der Waals surface area contributed by atoms with E-state index in [1.54, 1.807) is 12.3 Å². The maximum atomic E-state index is 7.25. The van der Waals surface area contributed by atoms with Gasteiger partial charge in [-0.1, -0.05) is 19.6 Å². The molecule has 0 heterocycles. The van der Waals surface area contributed by atoms with Crippen LogP contribution in [0.2, 0.25) is 0 Å². The SMILES string of the molecule is C=C/C=C(/C)NC/C=N\C(=N)CC. The van der Waals surface area contributed by atoms with Gasteiger partial charge in [0, 0.05) is 18.3 Å². The van der Waals surface area contributed by atoms with Crippen LogP contribution in [0.3, 0.4) is 0 Å². The van der Waals surface area contributed by atoms with Crippen molar-refractivity contribution in [2.24, 2.45) is 4.99 Å². The van der Waals surface area contributed by atoms with Crippen molar-refractivity contribution in [2.75, 3.05) is 6.54 Å². The number of nitrogens with zero attached hydrogens (tertiary/aromatic N) is 1. The molecule has 0 bridgehead atoms. The van der Waals surface area contributed by atoms with Gasteiger partial charge >= 0.3 is 0 Å². The predicted molar refractivity (Wildman–Crippen MR) is 58.5 cm³/mol. The maximum absolute atomic E-state index is 7.25. The Bertz CT molecular complexity index is 226. The lowest BCUT2D eigenvalue weighted by Crippen LogP contribution is -2.13. The minimum absolute atomic E-state index is 0.409. The summed E-state index contributed by atoms with van der Waals surface area (Å²) in [6.07, 6.45) is 6.00. The third kappa shape index (κ3) is 7.00. The molecule has 0 amide bonds. The van der Waals surface area contributed by atoms with Gasteiger partial charge in [0.2, 0.25) is 0 Å². The van der Waals surface area contributed by atoms with Crippen LogP contribution in [0.4, 0.5) is 0 Å². The Balaban J connectivity index is 3.67. The normalized spacial score (nSPS) is 11.7. The number of hydrogen-bond acceptors (Lipinski definition) is 2. The summed E-state index contributed by atoms with van der Waals surface area (Å²) < 4.78 is 0. The van der Waals surface area contributed by atoms with Crippen LogP contribution >= 0.6 is 0 Å². The fraction of sp³-hybridized carbons (Fsp3) is 0.400. The van der Waals surface area contributed by atoms with E-state index in [4.69, 9.17) is 5.41 Å². The highest BCUT2D eigenvalue weighted by Gasteiger charge is 1.85. The maximum Gasteiger partial charge on any atom is 0.119 e. The lowest BCUT2D eigenvalue weighted by molar-refractivity contribution is 0.938. The molecule has 0 aliphatic heterocycles. The van der Waals surface area contributed by atoms with Gasteiger partial charge in [0.15, 0.2) is 0 Å². The molecule has 13 heavy (non-hydrogen) atoms. The van der Waals surface area contributed by atoms with E-state index in [-0.39, 0.29) is 0 Å². The molecule has 0 aromatic carbocycles. The average molecular weight is 179 g/mol. The highest BCUT2D eigenvalue weighted by atomic mass is 14.9. The first kappa shape index (κ1) is 11.6. The van der Waals surface area contributed by atoms with E-state index in [1.807, 2.05) is 19.9 Å². The fourth-order valence-electron chi connectivity index (χ4n) is 0.689. The first-order chi connectivity index (χ1) is 6.20. The number of rotatable bonds is 5. The third-order valence-corrected chi connectivity index (χ3v) is 1.42. The lowest BCUT2D eigenvalue weighted by atomic mass is 10.4. The summed E-state index contributed by atoms with van der Waals surface area (Å²) in [7, 11) is 0. The predicted octanol–water partition coefficient (Wildman–Crippen LogP) is 2.12. The van der Waals surface area contributed by atoms with Gasteiger partial charge in [-0.2, -0.15) is 0 Å². The van der Waals surface area contributed by atoms with Crippen LogP contribution in [0.15, 0.2) is 29.4 Å². The third-order valence-electron chi connectivity index (χ3n) is 1.42. The molecule has 0 atom stereocenters. The van der Waals surface area contributed by atoms with Crippen molar-refractivity contribution in [3.05, 3.63) is 24.4 Å². The summed E-state index contributed by atoms with van der Waals surface area (Å²) >= 11 is 0. The van der Waals surface area contributed by atoms with E-state index in [0.29, 0.717) is 18.8 Å². The molecular weight excluding hydrogens is 162 g/mol. The van der Waals surface area contributed by atoms with Crippen LogP contribution in [0, 0.1) is 5.41 Å². The van der Waals surface area contributed by atoms with Crippen LogP contribution in [-0.2, 0) is 0 Å². The van der Waals surface area contributed by atoms with Gasteiger partial charge in [-0.25, -0.2) is 4.99 Å². The molecule has 0 aliphatic rings. The van der Waals surface area contributed by atoms with Gasteiger partial charge in [0.1, 0.15) is 5.84 Å². The second-order valence-corrected chi connectivity index (χ2v) is 2.58. The molecule has 0 rings (SSSR count). The van der Waals surface area contributed by atoms with Gasteiger partial charge in [-0.05, 0) is 13.0 Å². The minimum atomic E-state index is 0.409. The molecular formula is C10H17N3. The smallest absolute Gasteiger partial charge is 0.119 e. The van der Waals surface area contributed by atoms with Crippen LogP contribution in [0.1, 0.15) is 20.3 Å². The van der Waals surface area contributed by atoms with Crippen molar-refractivity contribution < 1.29 is 0 Å². The molecule has 0 fully saturated rings. The highest BCUT2D eigenvalue weighted by molar-refractivity contribution is 5.87. The van der Waals surface area contributed by atoms with Crippen LogP contribution in [-0.4, -0.2) is 18.6 Å². The van der Waals surface area contributed by atoms with Gasteiger partial charge in [0.05, 0.1) is 6.54 Å². The van der Waals surface area contributed by atoms with Crippen LogP contribution in [0.25, 0.3) is 0 Å². The number of aliphatic imine (C=N–C) groups is 1. The molecule has 72 valence electrons. The number of allylic oxidation sites excluding steroid dienone is 3. The molecule has 0 radical (unpaired) electrons. The molecule has 0 saturated heterocycles. The van der Waals surface area contributed by atoms with E-state index in [1.165, 1.54) is 0 Å². The molecule has 2 N–H and O–H groups in total. The highest BCUT2D eigenvalue weighted by Crippen LogP contribution is 1.85. The van der Waals surface area contributed by atoms with Gasteiger partial charge < -0.3 is 5.32 Å². The summed E-state index contributed by atoms with van der Waals surface area (Å²) in [5.41, 5.74) is 1.05.